The Morgan fingerprint density at radius 3 is 3.00 bits per heavy atom. The second-order valence-corrected chi connectivity index (χ2v) is 2.85. The Morgan fingerprint density at radius 1 is 1.36 bits per heavy atom. The molecule has 0 amide bonds. The number of fused-ring (bicyclic) bond motifs is 1. The molecule has 0 radical (unpaired) electrons. The summed E-state index contributed by atoms with van der Waals surface area (Å²) in [5, 5.41) is 0. The molecule has 0 aromatic heterocycles. The van der Waals surface area contributed by atoms with Gasteiger partial charge in [-0.15, -0.1) is 0 Å². The molecule has 0 saturated carbocycles. The first-order valence-corrected chi connectivity index (χ1v) is 3.70. The van der Waals surface area contributed by atoms with E-state index in [4.69, 9.17) is 0 Å². The van der Waals surface area contributed by atoms with Crippen LogP contribution >= 0.6 is 0 Å². The molecule has 1 aromatic rings. The van der Waals surface area contributed by atoms with E-state index in [1.807, 2.05) is 0 Å². The van der Waals surface area contributed by atoms with Crippen molar-refractivity contribution in [1.82, 2.24) is 0 Å². The molecule has 2 heteroatoms. The monoisotopic (exact) mass is 154 g/mol. The highest BCUT2D eigenvalue weighted by atomic mass is 19.1. The Morgan fingerprint density at radius 2 is 2.18 bits per heavy atom. The van der Waals surface area contributed by atoms with Gasteiger partial charge in [0, 0.05) is 0 Å². The number of aryl methyl sites for hydroxylation is 1. The van der Waals surface area contributed by atoms with Crippen LogP contribution in [0.3, 0.4) is 0 Å². The van der Waals surface area contributed by atoms with E-state index in [1.54, 1.807) is 6.07 Å². The van der Waals surface area contributed by atoms with Crippen LogP contribution in [0.1, 0.15) is 23.7 Å². The summed E-state index contributed by atoms with van der Waals surface area (Å²) in [6.07, 6.45) is 0.316. The van der Waals surface area contributed by atoms with Crippen molar-refractivity contribution in [1.29, 1.82) is 0 Å². The van der Waals surface area contributed by atoms with Crippen molar-refractivity contribution in [2.24, 2.45) is 0 Å². The predicted molar refractivity (Wildman–Crippen MR) is 38.6 cm³/mol. The third kappa shape index (κ3) is 1.02. The maximum atomic E-state index is 12.9. The number of benzene rings is 1. The number of rotatable bonds is 0. The fraction of sp³-hybridized carbons (Fsp3) is 0.333. The lowest BCUT2D eigenvalue weighted by molar-refractivity contribution is 0.343. The number of alkyl halides is 1. The standard InChI is InChI=1S/C9H8F2/c10-7-3-1-6-2-4-9(11)8(6)5-7/h1,3,5,9H,2,4H2. The summed E-state index contributed by atoms with van der Waals surface area (Å²) in [7, 11) is 0. The summed E-state index contributed by atoms with van der Waals surface area (Å²) in [6, 6.07) is 4.36. The smallest absolute Gasteiger partial charge is 0.126 e. The SMILES string of the molecule is Fc1ccc2c(c1)C(F)CC2. The summed E-state index contributed by atoms with van der Waals surface area (Å²) in [5.74, 6) is -0.340. The molecular formula is C9H8F2. The molecule has 0 N–H and O–H groups in total. The van der Waals surface area contributed by atoms with E-state index in [0.717, 1.165) is 12.0 Å². The first-order valence-electron chi connectivity index (χ1n) is 3.70. The van der Waals surface area contributed by atoms with Crippen molar-refractivity contribution in [3.63, 3.8) is 0 Å². The maximum absolute atomic E-state index is 12.9. The van der Waals surface area contributed by atoms with Gasteiger partial charge in [-0.2, -0.15) is 0 Å². The fourth-order valence-electron chi connectivity index (χ4n) is 1.52. The molecule has 0 bridgehead atoms. The lowest BCUT2D eigenvalue weighted by Crippen LogP contribution is -1.85. The van der Waals surface area contributed by atoms with E-state index in [-0.39, 0.29) is 5.82 Å². The van der Waals surface area contributed by atoms with Gasteiger partial charge in [-0.25, -0.2) is 8.78 Å². The van der Waals surface area contributed by atoms with Crippen LogP contribution in [0.2, 0.25) is 0 Å². The molecule has 1 atom stereocenters. The van der Waals surface area contributed by atoms with Crippen molar-refractivity contribution in [3.05, 3.63) is 35.1 Å². The molecule has 1 aliphatic carbocycles. The van der Waals surface area contributed by atoms with Crippen LogP contribution < -0.4 is 0 Å². The van der Waals surface area contributed by atoms with Gasteiger partial charge in [0.05, 0.1) is 0 Å². The first-order chi connectivity index (χ1) is 5.27. The fourth-order valence-corrected chi connectivity index (χ4v) is 1.52. The molecule has 0 fully saturated rings. The van der Waals surface area contributed by atoms with Crippen LogP contribution in [0.5, 0.6) is 0 Å². The van der Waals surface area contributed by atoms with Crippen LogP contribution in [0.25, 0.3) is 0 Å². The van der Waals surface area contributed by atoms with Crippen LogP contribution in [0, 0.1) is 5.82 Å². The van der Waals surface area contributed by atoms with Gasteiger partial charge in [-0.3, -0.25) is 0 Å². The molecule has 1 aliphatic rings. The largest absolute Gasteiger partial charge is 0.242 e. The van der Waals surface area contributed by atoms with E-state index in [0.29, 0.717) is 12.0 Å². The van der Waals surface area contributed by atoms with Crippen molar-refractivity contribution in [3.8, 4) is 0 Å². The van der Waals surface area contributed by atoms with Gasteiger partial charge in [0.2, 0.25) is 0 Å². The lowest BCUT2D eigenvalue weighted by Gasteiger charge is -1.99. The first kappa shape index (κ1) is 6.77. The summed E-state index contributed by atoms with van der Waals surface area (Å²) >= 11 is 0. The Hall–Kier alpha value is -0.920. The van der Waals surface area contributed by atoms with E-state index >= 15 is 0 Å². The average molecular weight is 154 g/mol. The topological polar surface area (TPSA) is 0 Å². The van der Waals surface area contributed by atoms with Gasteiger partial charge >= 0.3 is 0 Å². The van der Waals surface area contributed by atoms with Crippen molar-refractivity contribution >= 4 is 0 Å². The van der Waals surface area contributed by atoms with Gasteiger partial charge < -0.3 is 0 Å². The zero-order valence-corrected chi connectivity index (χ0v) is 5.98. The highest BCUT2D eigenvalue weighted by molar-refractivity contribution is 5.33. The van der Waals surface area contributed by atoms with Crippen molar-refractivity contribution in [2.75, 3.05) is 0 Å². The molecular weight excluding hydrogens is 146 g/mol. The lowest BCUT2D eigenvalue weighted by atomic mass is 10.1. The quantitative estimate of drug-likeness (QED) is 0.539. The van der Waals surface area contributed by atoms with Gasteiger partial charge in [0.25, 0.3) is 0 Å². The highest BCUT2D eigenvalue weighted by Crippen LogP contribution is 2.33. The zero-order valence-electron chi connectivity index (χ0n) is 5.98. The van der Waals surface area contributed by atoms with Crippen molar-refractivity contribution < 1.29 is 8.78 Å². The molecule has 0 nitrogen and oxygen atoms in total. The van der Waals surface area contributed by atoms with Gasteiger partial charge in [0.15, 0.2) is 0 Å². The third-order valence-corrected chi connectivity index (χ3v) is 2.11. The summed E-state index contributed by atoms with van der Waals surface area (Å²) in [6.45, 7) is 0. The minimum Gasteiger partial charge on any atom is -0.242 e. The van der Waals surface area contributed by atoms with E-state index in [2.05, 4.69) is 0 Å². The molecule has 1 unspecified atom stereocenters. The Kier molecular flexibility index (Phi) is 1.41. The molecule has 0 heterocycles. The summed E-state index contributed by atoms with van der Waals surface area (Å²) < 4.78 is 25.5. The van der Waals surface area contributed by atoms with Gasteiger partial charge in [0.1, 0.15) is 12.0 Å². The molecule has 11 heavy (non-hydrogen) atoms. The maximum Gasteiger partial charge on any atom is 0.126 e. The number of hydrogen-bond acceptors (Lipinski definition) is 0. The Balaban J connectivity index is 2.52. The highest BCUT2D eigenvalue weighted by Gasteiger charge is 2.21. The Labute approximate surface area is 63.9 Å². The summed E-state index contributed by atoms with van der Waals surface area (Å²) in [5.41, 5.74) is 1.50. The second-order valence-electron chi connectivity index (χ2n) is 2.85. The van der Waals surface area contributed by atoms with Crippen molar-refractivity contribution in [2.45, 2.75) is 19.0 Å². The Bertz CT molecular complexity index is 281. The van der Waals surface area contributed by atoms with E-state index in [1.165, 1.54) is 12.1 Å². The third-order valence-electron chi connectivity index (χ3n) is 2.11. The van der Waals surface area contributed by atoms with Crippen LogP contribution in [-0.4, -0.2) is 0 Å². The molecule has 58 valence electrons. The molecule has 2 rings (SSSR count). The number of halogens is 2. The van der Waals surface area contributed by atoms with E-state index in [9.17, 15) is 8.78 Å². The second kappa shape index (κ2) is 2.29. The normalized spacial score (nSPS) is 21.8. The predicted octanol–water partition coefficient (Wildman–Crippen LogP) is 2.78. The van der Waals surface area contributed by atoms with E-state index < -0.39 is 6.17 Å². The summed E-state index contributed by atoms with van der Waals surface area (Å²) in [4.78, 5) is 0. The average Bonchev–Trinajstić information content (AvgIpc) is 2.33. The molecule has 0 saturated heterocycles. The van der Waals surface area contributed by atoms with Gasteiger partial charge in [-0.05, 0) is 36.1 Å². The van der Waals surface area contributed by atoms with Gasteiger partial charge in [-0.1, -0.05) is 6.07 Å². The van der Waals surface area contributed by atoms with Crippen LogP contribution in [0.15, 0.2) is 18.2 Å². The van der Waals surface area contributed by atoms with Crippen LogP contribution in [-0.2, 0) is 6.42 Å². The molecule has 0 aliphatic heterocycles. The minimum absolute atomic E-state index is 0.340. The van der Waals surface area contributed by atoms with Crippen LogP contribution in [0.4, 0.5) is 8.78 Å². The molecule has 0 spiro atoms. The molecule has 1 aromatic carbocycles. The minimum atomic E-state index is -0.944. The zero-order chi connectivity index (χ0) is 7.84. The number of hydrogen-bond donors (Lipinski definition) is 0.